The molecule has 4 rings (SSSR count). The molecule has 0 atom stereocenters. The number of rotatable bonds is 5. The van der Waals surface area contributed by atoms with E-state index in [1.165, 1.54) is 22.3 Å². The van der Waals surface area contributed by atoms with Gasteiger partial charge in [0.2, 0.25) is 0 Å². The molecule has 2 heterocycles. The van der Waals surface area contributed by atoms with E-state index in [1.807, 2.05) is 45.0 Å². The van der Waals surface area contributed by atoms with E-state index in [2.05, 4.69) is 0 Å². The number of fused-ring (bicyclic) bond motifs is 1. The number of carbonyl (C=O) groups is 3. The summed E-state index contributed by atoms with van der Waals surface area (Å²) in [5.74, 6) is -0.968. The van der Waals surface area contributed by atoms with Crippen molar-refractivity contribution in [2.75, 3.05) is 11.4 Å². The summed E-state index contributed by atoms with van der Waals surface area (Å²) in [5.41, 5.74) is 3.32. The standard InChI is InChI=1S/C24H21ClN2O3S/c1-4-26(13-17-8-10-21(25)31-17)22(28)16-7-9-18-19(12-16)24(30)27(23(18)29)20-11-14(2)5-6-15(20)3/h5-12H,4,13H2,1-3H3. The number of hydrogen-bond acceptors (Lipinski definition) is 4. The van der Waals surface area contributed by atoms with E-state index in [4.69, 9.17) is 11.6 Å². The lowest BCUT2D eigenvalue weighted by molar-refractivity contribution is 0.0753. The fourth-order valence-corrected chi connectivity index (χ4v) is 4.79. The predicted molar refractivity (Wildman–Crippen MR) is 123 cm³/mol. The van der Waals surface area contributed by atoms with Crippen LogP contribution in [0.1, 0.15) is 54.0 Å². The van der Waals surface area contributed by atoms with Gasteiger partial charge in [0, 0.05) is 17.0 Å². The smallest absolute Gasteiger partial charge is 0.266 e. The second-order valence-corrected chi connectivity index (χ2v) is 9.32. The fraction of sp³-hybridized carbons (Fsp3) is 0.208. The summed E-state index contributed by atoms with van der Waals surface area (Å²) in [5, 5.41) is 0. The van der Waals surface area contributed by atoms with Crippen LogP contribution in [0.4, 0.5) is 5.69 Å². The molecule has 0 N–H and O–H groups in total. The van der Waals surface area contributed by atoms with Crippen LogP contribution >= 0.6 is 22.9 Å². The second-order valence-electron chi connectivity index (χ2n) is 7.52. The van der Waals surface area contributed by atoms with Gasteiger partial charge in [0.05, 0.1) is 27.7 Å². The minimum Gasteiger partial charge on any atom is -0.334 e. The molecule has 0 saturated heterocycles. The Balaban J connectivity index is 1.65. The molecule has 3 amide bonds. The topological polar surface area (TPSA) is 57.7 Å². The molecule has 0 aliphatic carbocycles. The van der Waals surface area contributed by atoms with Gasteiger partial charge in [-0.05, 0) is 68.3 Å². The van der Waals surface area contributed by atoms with Gasteiger partial charge < -0.3 is 4.90 Å². The van der Waals surface area contributed by atoms with Gasteiger partial charge in [0.15, 0.2) is 0 Å². The Morgan fingerprint density at radius 1 is 1.00 bits per heavy atom. The normalized spacial score (nSPS) is 13.0. The minimum atomic E-state index is -0.406. The van der Waals surface area contributed by atoms with Crippen molar-refractivity contribution in [2.24, 2.45) is 0 Å². The monoisotopic (exact) mass is 452 g/mol. The predicted octanol–water partition coefficient (Wildman–Crippen LogP) is 5.48. The highest BCUT2D eigenvalue weighted by Crippen LogP contribution is 2.32. The van der Waals surface area contributed by atoms with E-state index >= 15 is 0 Å². The van der Waals surface area contributed by atoms with Crippen molar-refractivity contribution in [1.82, 2.24) is 4.90 Å². The molecule has 1 aliphatic heterocycles. The molecule has 3 aromatic rings. The number of imide groups is 1. The van der Waals surface area contributed by atoms with Crippen LogP contribution in [0.25, 0.3) is 0 Å². The molecule has 0 unspecified atom stereocenters. The average molecular weight is 453 g/mol. The lowest BCUT2D eigenvalue weighted by atomic mass is 10.0. The highest BCUT2D eigenvalue weighted by atomic mass is 35.5. The Bertz CT molecular complexity index is 1220. The highest BCUT2D eigenvalue weighted by Gasteiger charge is 2.38. The molecular formula is C24H21ClN2O3S. The Morgan fingerprint density at radius 2 is 1.74 bits per heavy atom. The summed E-state index contributed by atoms with van der Waals surface area (Å²) < 4.78 is 0.673. The van der Waals surface area contributed by atoms with E-state index in [9.17, 15) is 14.4 Å². The Hall–Kier alpha value is -2.96. The average Bonchev–Trinajstić information content (AvgIpc) is 3.28. The Morgan fingerprint density at radius 3 is 2.42 bits per heavy atom. The molecule has 0 saturated carbocycles. The van der Waals surface area contributed by atoms with E-state index in [1.54, 1.807) is 23.1 Å². The third-order valence-electron chi connectivity index (χ3n) is 5.38. The van der Waals surface area contributed by atoms with Crippen LogP contribution < -0.4 is 4.90 Å². The van der Waals surface area contributed by atoms with Crippen LogP contribution in [0.3, 0.4) is 0 Å². The van der Waals surface area contributed by atoms with Gasteiger partial charge in [-0.3, -0.25) is 14.4 Å². The van der Waals surface area contributed by atoms with Gasteiger partial charge in [0.25, 0.3) is 17.7 Å². The zero-order valence-electron chi connectivity index (χ0n) is 17.4. The molecule has 5 nitrogen and oxygen atoms in total. The number of thiophene rings is 1. The fourth-order valence-electron chi connectivity index (χ4n) is 3.69. The van der Waals surface area contributed by atoms with Crippen molar-refractivity contribution in [1.29, 1.82) is 0 Å². The molecule has 7 heteroatoms. The maximum absolute atomic E-state index is 13.1. The summed E-state index contributed by atoms with van der Waals surface area (Å²) in [4.78, 5) is 43.1. The quantitative estimate of drug-likeness (QED) is 0.481. The van der Waals surface area contributed by atoms with Crippen LogP contribution in [0.15, 0.2) is 48.5 Å². The van der Waals surface area contributed by atoms with Crippen LogP contribution in [0.2, 0.25) is 4.34 Å². The molecule has 0 radical (unpaired) electrons. The summed E-state index contributed by atoms with van der Waals surface area (Å²) in [6, 6.07) is 14.1. The Kier molecular flexibility index (Phi) is 5.69. The lowest BCUT2D eigenvalue weighted by Gasteiger charge is -2.20. The van der Waals surface area contributed by atoms with Gasteiger partial charge in [0.1, 0.15) is 0 Å². The van der Waals surface area contributed by atoms with Crippen molar-refractivity contribution in [2.45, 2.75) is 27.3 Å². The SMILES string of the molecule is CCN(Cc1ccc(Cl)s1)C(=O)c1ccc2c(c1)C(=O)N(c1cc(C)ccc1C)C2=O. The second kappa shape index (κ2) is 8.29. The maximum atomic E-state index is 13.1. The van der Waals surface area contributed by atoms with Gasteiger partial charge in [-0.2, -0.15) is 0 Å². The van der Waals surface area contributed by atoms with Crippen molar-refractivity contribution in [3.8, 4) is 0 Å². The van der Waals surface area contributed by atoms with Gasteiger partial charge >= 0.3 is 0 Å². The third kappa shape index (κ3) is 3.89. The molecule has 1 aliphatic rings. The van der Waals surface area contributed by atoms with E-state index < -0.39 is 5.91 Å². The summed E-state index contributed by atoms with van der Waals surface area (Å²) in [7, 11) is 0. The molecule has 158 valence electrons. The van der Waals surface area contributed by atoms with Crippen LogP contribution in [0, 0.1) is 13.8 Å². The molecule has 1 aromatic heterocycles. The molecule has 31 heavy (non-hydrogen) atoms. The first-order chi connectivity index (χ1) is 14.8. The first kappa shape index (κ1) is 21.3. The lowest BCUT2D eigenvalue weighted by Crippen LogP contribution is -2.30. The first-order valence-electron chi connectivity index (χ1n) is 9.93. The molecule has 0 fully saturated rings. The minimum absolute atomic E-state index is 0.194. The van der Waals surface area contributed by atoms with Crippen LogP contribution in [-0.2, 0) is 6.54 Å². The first-order valence-corrected chi connectivity index (χ1v) is 11.1. The molecule has 0 spiro atoms. The van der Waals surface area contributed by atoms with Gasteiger partial charge in [-0.15, -0.1) is 11.3 Å². The van der Waals surface area contributed by atoms with Crippen molar-refractivity contribution in [3.63, 3.8) is 0 Å². The number of halogens is 1. The number of amides is 3. The largest absolute Gasteiger partial charge is 0.334 e. The van der Waals surface area contributed by atoms with Crippen molar-refractivity contribution < 1.29 is 14.4 Å². The number of carbonyl (C=O) groups excluding carboxylic acids is 3. The number of nitrogens with zero attached hydrogens (tertiary/aromatic N) is 2. The van der Waals surface area contributed by atoms with Gasteiger partial charge in [-0.25, -0.2) is 4.90 Å². The van der Waals surface area contributed by atoms with Crippen molar-refractivity contribution in [3.05, 3.63) is 85.6 Å². The molecule has 2 aromatic carbocycles. The number of aryl methyl sites for hydroxylation is 2. The summed E-state index contributed by atoms with van der Waals surface area (Å²) in [6.45, 7) is 6.62. The van der Waals surface area contributed by atoms with Crippen LogP contribution in [-0.4, -0.2) is 29.2 Å². The highest BCUT2D eigenvalue weighted by molar-refractivity contribution is 7.16. The molecule has 0 bridgehead atoms. The maximum Gasteiger partial charge on any atom is 0.266 e. The summed E-state index contributed by atoms with van der Waals surface area (Å²) in [6.07, 6.45) is 0. The zero-order valence-corrected chi connectivity index (χ0v) is 19.0. The zero-order chi connectivity index (χ0) is 22.3. The van der Waals surface area contributed by atoms with Crippen molar-refractivity contribution >= 4 is 46.3 Å². The van der Waals surface area contributed by atoms with E-state index in [-0.39, 0.29) is 17.4 Å². The summed E-state index contributed by atoms with van der Waals surface area (Å²) >= 11 is 7.43. The third-order valence-corrected chi connectivity index (χ3v) is 6.60. The molecular weight excluding hydrogens is 432 g/mol. The van der Waals surface area contributed by atoms with E-state index in [0.717, 1.165) is 16.0 Å². The number of hydrogen-bond donors (Lipinski definition) is 0. The Labute approximate surface area is 189 Å². The van der Waals surface area contributed by atoms with Crippen LogP contribution in [0.5, 0.6) is 0 Å². The number of anilines is 1. The number of benzene rings is 2. The van der Waals surface area contributed by atoms with Gasteiger partial charge in [-0.1, -0.05) is 23.7 Å². The van der Waals surface area contributed by atoms with E-state index in [0.29, 0.717) is 34.2 Å².